The standard InChI is InChI=1S/C14H20N4/c1-17-7-10(6-11(15)8-17)13-9-18(2)14-12(13)4-3-5-16-14/h3-5,9-11H,6-8,15H2,1-2H3. The molecule has 0 saturated carbocycles. The van der Waals surface area contributed by atoms with Gasteiger partial charge in [-0.1, -0.05) is 0 Å². The molecule has 18 heavy (non-hydrogen) atoms. The van der Waals surface area contributed by atoms with Gasteiger partial charge in [0.15, 0.2) is 0 Å². The highest BCUT2D eigenvalue weighted by Crippen LogP contribution is 2.31. The number of nitrogens with two attached hydrogens (primary N) is 1. The molecule has 3 heterocycles. The Morgan fingerprint density at radius 1 is 1.33 bits per heavy atom. The predicted molar refractivity (Wildman–Crippen MR) is 73.5 cm³/mol. The molecule has 2 unspecified atom stereocenters. The van der Waals surface area contributed by atoms with Gasteiger partial charge in [-0.05, 0) is 31.2 Å². The Morgan fingerprint density at radius 2 is 2.17 bits per heavy atom. The molecule has 2 N–H and O–H groups in total. The Hall–Kier alpha value is -1.39. The summed E-state index contributed by atoms with van der Waals surface area (Å²) in [5.74, 6) is 0.520. The second-order valence-corrected chi connectivity index (χ2v) is 5.48. The first-order chi connectivity index (χ1) is 8.65. The largest absolute Gasteiger partial charge is 0.335 e. The van der Waals surface area contributed by atoms with E-state index >= 15 is 0 Å². The number of likely N-dealkylation sites (N-methyl/N-ethyl adjacent to an activating group) is 1. The summed E-state index contributed by atoms with van der Waals surface area (Å²) in [6.07, 6.45) is 5.14. The van der Waals surface area contributed by atoms with Gasteiger partial charge in [0.05, 0.1) is 0 Å². The third kappa shape index (κ3) is 1.91. The Bertz CT molecular complexity index is 550. The second-order valence-electron chi connectivity index (χ2n) is 5.48. The first kappa shape index (κ1) is 11.7. The smallest absolute Gasteiger partial charge is 0.139 e. The van der Waals surface area contributed by atoms with Crippen LogP contribution in [0.4, 0.5) is 0 Å². The molecule has 4 heteroatoms. The van der Waals surface area contributed by atoms with Crippen molar-refractivity contribution in [1.29, 1.82) is 0 Å². The molecule has 0 amide bonds. The summed E-state index contributed by atoms with van der Waals surface area (Å²) >= 11 is 0. The number of piperidine rings is 1. The van der Waals surface area contributed by atoms with Crippen molar-refractivity contribution in [1.82, 2.24) is 14.5 Å². The lowest BCUT2D eigenvalue weighted by atomic mass is 9.89. The van der Waals surface area contributed by atoms with E-state index in [9.17, 15) is 0 Å². The van der Waals surface area contributed by atoms with Gasteiger partial charge in [0.1, 0.15) is 5.65 Å². The Kier molecular flexibility index (Phi) is 2.84. The quantitative estimate of drug-likeness (QED) is 0.823. The van der Waals surface area contributed by atoms with Crippen LogP contribution in [0.1, 0.15) is 17.9 Å². The number of rotatable bonds is 1. The zero-order chi connectivity index (χ0) is 12.7. The molecule has 0 aliphatic carbocycles. The summed E-state index contributed by atoms with van der Waals surface area (Å²) in [5.41, 5.74) is 8.60. The summed E-state index contributed by atoms with van der Waals surface area (Å²) in [4.78, 5) is 6.78. The second kappa shape index (κ2) is 4.37. The van der Waals surface area contributed by atoms with Crippen LogP contribution < -0.4 is 5.73 Å². The van der Waals surface area contributed by atoms with Crippen molar-refractivity contribution in [2.45, 2.75) is 18.4 Å². The Balaban J connectivity index is 2.03. The highest BCUT2D eigenvalue weighted by atomic mass is 15.1. The van der Waals surface area contributed by atoms with Gasteiger partial charge in [-0.2, -0.15) is 0 Å². The summed E-state index contributed by atoms with van der Waals surface area (Å²) in [5, 5.41) is 1.27. The van der Waals surface area contributed by atoms with Crippen LogP contribution in [-0.4, -0.2) is 40.6 Å². The van der Waals surface area contributed by atoms with Crippen LogP contribution in [0.15, 0.2) is 24.5 Å². The molecule has 1 fully saturated rings. The lowest BCUT2D eigenvalue weighted by Crippen LogP contribution is -2.44. The van der Waals surface area contributed by atoms with Crippen molar-refractivity contribution >= 4 is 11.0 Å². The van der Waals surface area contributed by atoms with Gasteiger partial charge >= 0.3 is 0 Å². The van der Waals surface area contributed by atoms with Gasteiger partial charge in [0, 0.05) is 49.9 Å². The van der Waals surface area contributed by atoms with E-state index in [-0.39, 0.29) is 6.04 Å². The predicted octanol–water partition coefficient (Wildman–Crippen LogP) is 1.32. The minimum atomic E-state index is 0.278. The molecule has 0 radical (unpaired) electrons. The number of fused-ring (bicyclic) bond motifs is 1. The molecule has 2 aromatic heterocycles. The fourth-order valence-electron chi connectivity index (χ4n) is 3.16. The van der Waals surface area contributed by atoms with Crippen LogP contribution in [0.5, 0.6) is 0 Å². The van der Waals surface area contributed by atoms with E-state index in [4.69, 9.17) is 5.73 Å². The van der Waals surface area contributed by atoms with Crippen molar-refractivity contribution in [2.24, 2.45) is 12.8 Å². The Morgan fingerprint density at radius 3 is 2.94 bits per heavy atom. The number of pyridine rings is 1. The average molecular weight is 244 g/mol. The maximum absolute atomic E-state index is 6.14. The molecule has 1 saturated heterocycles. The zero-order valence-corrected chi connectivity index (χ0v) is 11.0. The summed E-state index contributed by atoms with van der Waals surface area (Å²) < 4.78 is 2.12. The van der Waals surface area contributed by atoms with Crippen LogP contribution in [-0.2, 0) is 7.05 Å². The van der Waals surface area contributed by atoms with Crippen molar-refractivity contribution < 1.29 is 0 Å². The molecule has 0 aromatic carbocycles. The van der Waals surface area contributed by atoms with Crippen molar-refractivity contribution in [3.63, 3.8) is 0 Å². The van der Waals surface area contributed by atoms with Crippen LogP contribution in [0.3, 0.4) is 0 Å². The number of aryl methyl sites for hydroxylation is 1. The molecular weight excluding hydrogens is 224 g/mol. The van der Waals surface area contributed by atoms with Gasteiger partial charge in [-0.15, -0.1) is 0 Å². The molecule has 2 aromatic rings. The van der Waals surface area contributed by atoms with Gasteiger partial charge < -0.3 is 15.2 Å². The third-order valence-corrected chi connectivity index (χ3v) is 3.87. The van der Waals surface area contributed by atoms with Gasteiger partial charge in [0.25, 0.3) is 0 Å². The molecule has 4 nitrogen and oxygen atoms in total. The van der Waals surface area contributed by atoms with E-state index in [0.717, 1.165) is 25.2 Å². The molecule has 2 atom stereocenters. The van der Waals surface area contributed by atoms with E-state index < -0.39 is 0 Å². The van der Waals surface area contributed by atoms with Crippen LogP contribution in [0, 0.1) is 0 Å². The van der Waals surface area contributed by atoms with Crippen LogP contribution in [0.2, 0.25) is 0 Å². The fourth-order valence-corrected chi connectivity index (χ4v) is 3.16. The normalized spacial score (nSPS) is 25.7. The SMILES string of the molecule is CN1CC(N)CC(c2cn(C)c3ncccc23)C1. The van der Waals surface area contributed by atoms with E-state index in [1.807, 2.05) is 12.3 Å². The monoisotopic (exact) mass is 244 g/mol. The van der Waals surface area contributed by atoms with Crippen molar-refractivity contribution in [2.75, 3.05) is 20.1 Å². The maximum atomic E-state index is 6.14. The molecule has 0 spiro atoms. The molecule has 1 aliphatic heterocycles. The van der Waals surface area contributed by atoms with Crippen LogP contribution >= 0.6 is 0 Å². The minimum absolute atomic E-state index is 0.278. The molecule has 1 aliphatic rings. The lowest BCUT2D eigenvalue weighted by Gasteiger charge is -2.33. The first-order valence-electron chi connectivity index (χ1n) is 6.49. The van der Waals surface area contributed by atoms with E-state index in [1.54, 1.807) is 0 Å². The minimum Gasteiger partial charge on any atom is -0.335 e. The average Bonchev–Trinajstić information content (AvgIpc) is 2.66. The summed E-state index contributed by atoms with van der Waals surface area (Å²) in [6, 6.07) is 4.46. The highest BCUT2D eigenvalue weighted by molar-refractivity contribution is 5.81. The number of nitrogens with zero attached hydrogens (tertiary/aromatic N) is 3. The summed E-state index contributed by atoms with van der Waals surface area (Å²) in [7, 11) is 4.21. The van der Waals surface area contributed by atoms with Crippen LogP contribution in [0.25, 0.3) is 11.0 Å². The number of hydrogen-bond acceptors (Lipinski definition) is 3. The first-order valence-corrected chi connectivity index (χ1v) is 6.49. The number of hydrogen-bond donors (Lipinski definition) is 1. The number of likely N-dealkylation sites (tertiary alicyclic amines) is 1. The number of aromatic nitrogens is 2. The maximum Gasteiger partial charge on any atom is 0.139 e. The topological polar surface area (TPSA) is 47.1 Å². The van der Waals surface area contributed by atoms with E-state index in [1.165, 1.54) is 10.9 Å². The molecule has 3 rings (SSSR count). The Labute approximate surface area is 107 Å². The van der Waals surface area contributed by atoms with E-state index in [0.29, 0.717) is 5.92 Å². The van der Waals surface area contributed by atoms with Gasteiger partial charge in [0.2, 0.25) is 0 Å². The van der Waals surface area contributed by atoms with Crippen molar-refractivity contribution in [3.8, 4) is 0 Å². The fraction of sp³-hybridized carbons (Fsp3) is 0.500. The molecule has 96 valence electrons. The van der Waals surface area contributed by atoms with E-state index in [2.05, 4.69) is 40.8 Å². The third-order valence-electron chi connectivity index (χ3n) is 3.87. The van der Waals surface area contributed by atoms with Gasteiger partial charge in [-0.25, -0.2) is 4.98 Å². The highest BCUT2D eigenvalue weighted by Gasteiger charge is 2.26. The zero-order valence-electron chi connectivity index (χ0n) is 11.0. The molecule has 0 bridgehead atoms. The molecular formula is C14H20N4. The lowest BCUT2D eigenvalue weighted by molar-refractivity contribution is 0.227. The van der Waals surface area contributed by atoms with Crippen molar-refractivity contribution in [3.05, 3.63) is 30.1 Å². The van der Waals surface area contributed by atoms with Gasteiger partial charge in [-0.3, -0.25) is 0 Å². The summed E-state index contributed by atoms with van der Waals surface area (Å²) in [6.45, 7) is 2.08.